The van der Waals surface area contributed by atoms with Crippen LogP contribution in [-0.4, -0.2) is 17.0 Å². The Balaban J connectivity index is 2.19. The first-order valence-electron chi connectivity index (χ1n) is 8.15. The Morgan fingerprint density at radius 3 is 1.62 bits per heavy atom. The van der Waals surface area contributed by atoms with E-state index in [9.17, 15) is 9.59 Å². The summed E-state index contributed by atoms with van der Waals surface area (Å²) in [7, 11) is 0. The lowest BCUT2D eigenvalue weighted by molar-refractivity contribution is -0.137. The maximum Gasteiger partial charge on any atom is 0.303 e. The lowest BCUT2D eigenvalue weighted by atomic mass is 10.1. The van der Waals surface area contributed by atoms with Gasteiger partial charge in [0, 0.05) is 24.2 Å². The average molecular weight is 325 g/mol. The number of nitrogens with zero attached hydrogens (tertiary/aromatic N) is 1. The van der Waals surface area contributed by atoms with Crippen molar-refractivity contribution >= 4 is 23.3 Å². The van der Waals surface area contributed by atoms with Gasteiger partial charge in [0.05, 0.1) is 0 Å². The van der Waals surface area contributed by atoms with Gasteiger partial charge in [0.15, 0.2) is 0 Å². The summed E-state index contributed by atoms with van der Waals surface area (Å²) in [5.41, 5.74) is 3.92. The number of carbonyl (C=O) groups excluding carboxylic acids is 1. The Labute approximate surface area is 142 Å². The maximum absolute atomic E-state index is 12.7. The molecule has 0 fully saturated rings. The van der Waals surface area contributed by atoms with Crippen molar-refractivity contribution in [3.05, 3.63) is 59.7 Å². The molecule has 4 nitrogen and oxygen atoms in total. The van der Waals surface area contributed by atoms with Gasteiger partial charge in [-0.15, -0.1) is 0 Å². The molecule has 24 heavy (non-hydrogen) atoms. The first-order valence-corrected chi connectivity index (χ1v) is 8.15. The van der Waals surface area contributed by atoms with E-state index in [1.54, 1.807) is 4.90 Å². The van der Waals surface area contributed by atoms with Crippen LogP contribution >= 0.6 is 0 Å². The van der Waals surface area contributed by atoms with E-state index in [1.165, 1.54) is 0 Å². The molecule has 0 saturated carbocycles. The van der Waals surface area contributed by atoms with Crippen molar-refractivity contribution < 1.29 is 14.7 Å². The van der Waals surface area contributed by atoms with Gasteiger partial charge in [-0.2, -0.15) is 0 Å². The number of benzene rings is 2. The highest BCUT2D eigenvalue weighted by atomic mass is 16.4. The van der Waals surface area contributed by atoms with E-state index in [1.807, 2.05) is 62.4 Å². The molecule has 0 aliphatic carbocycles. The molecule has 0 bridgehead atoms. The van der Waals surface area contributed by atoms with Crippen LogP contribution in [-0.2, 0) is 9.59 Å². The topological polar surface area (TPSA) is 57.6 Å². The van der Waals surface area contributed by atoms with Crippen LogP contribution in [0.15, 0.2) is 48.5 Å². The number of anilines is 2. The van der Waals surface area contributed by atoms with Gasteiger partial charge >= 0.3 is 5.97 Å². The molecule has 0 aromatic heterocycles. The summed E-state index contributed by atoms with van der Waals surface area (Å²) in [6.45, 7) is 4.02. The zero-order chi connectivity index (χ0) is 17.5. The molecule has 1 amide bonds. The number of carbonyl (C=O) groups is 2. The molecule has 0 saturated heterocycles. The number of aliphatic carboxylic acids is 1. The highest BCUT2D eigenvalue weighted by Crippen LogP contribution is 2.27. The number of carboxylic acid groups (broad SMARTS) is 1. The fourth-order valence-electron chi connectivity index (χ4n) is 2.49. The summed E-state index contributed by atoms with van der Waals surface area (Å²) in [5, 5.41) is 8.70. The van der Waals surface area contributed by atoms with E-state index in [-0.39, 0.29) is 12.3 Å². The van der Waals surface area contributed by atoms with Gasteiger partial charge in [0.25, 0.3) is 0 Å². The second-order valence-corrected chi connectivity index (χ2v) is 6.00. The summed E-state index contributed by atoms with van der Waals surface area (Å²) in [5.74, 6) is -0.843. The number of carboxylic acids is 1. The molecule has 0 aliphatic rings. The van der Waals surface area contributed by atoms with Crippen molar-refractivity contribution in [3.8, 4) is 0 Å². The molecule has 0 radical (unpaired) electrons. The molecule has 0 aliphatic heterocycles. The van der Waals surface area contributed by atoms with Crippen LogP contribution in [0.3, 0.4) is 0 Å². The van der Waals surface area contributed by atoms with Gasteiger partial charge in [-0.3, -0.25) is 14.5 Å². The molecule has 0 spiro atoms. The Morgan fingerprint density at radius 2 is 1.21 bits per heavy atom. The lowest BCUT2D eigenvalue weighted by Gasteiger charge is -2.23. The largest absolute Gasteiger partial charge is 0.481 e. The van der Waals surface area contributed by atoms with Gasteiger partial charge in [0.1, 0.15) is 0 Å². The second-order valence-electron chi connectivity index (χ2n) is 6.00. The predicted molar refractivity (Wildman–Crippen MR) is 95.6 cm³/mol. The van der Waals surface area contributed by atoms with Gasteiger partial charge in [-0.1, -0.05) is 35.4 Å². The fourth-order valence-corrected chi connectivity index (χ4v) is 2.49. The molecular weight excluding hydrogens is 302 g/mol. The Kier molecular flexibility index (Phi) is 6.13. The minimum atomic E-state index is -0.823. The molecule has 4 heteroatoms. The van der Waals surface area contributed by atoms with Crippen LogP contribution < -0.4 is 4.90 Å². The molecule has 0 unspecified atom stereocenters. The Morgan fingerprint density at radius 1 is 0.792 bits per heavy atom. The Hall–Kier alpha value is -2.62. The van der Waals surface area contributed by atoms with E-state index >= 15 is 0 Å². The smallest absolute Gasteiger partial charge is 0.303 e. The van der Waals surface area contributed by atoms with Crippen molar-refractivity contribution in [2.45, 2.75) is 39.5 Å². The zero-order valence-corrected chi connectivity index (χ0v) is 14.2. The zero-order valence-electron chi connectivity index (χ0n) is 14.2. The Bertz CT molecular complexity index is 644. The monoisotopic (exact) mass is 325 g/mol. The average Bonchev–Trinajstić information content (AvgIpc) is 2.55. The van der Waals surface area contributed by atoms with Crippen molar-refractivity contribution in [1.29, 1.82) is 0 Å². The van der Waals surface area contributed by atoms with Gasteiger partial charge < -0.3 is 5.11 Å². The van der Waals surface area contributed by atoms with Gasteiger partial charge in [0.2, 0.25) is 5.91 Å². The van der Waals surface area contributed by atoms with Crippen molar-refractivity contribution in [2.75, 3.05) is 4.90 Å². The van der Waals surface area contributed by atoms with Crippen molar-refractivity contribution in [1.82, 2.24) is 0 Å². The quantitative estimate of drug-likeness (QED) is 0.756. The number of rotatable bonds is 7. The fraction of sp³-hybridized carbons (Fsp3) is 0.300. The van der Waals surface area contributed by atoms with Crippen LogP contribution in [0, 0.1) is 13.8 Å². The molecule has 1 N–H and O–H groups in total. The highest BCUT2D eigenvalue weighted by Gasteiger charge is 2.17. The van der Waals surface area contributed by atoms with Crippen LogP contribution in [0.5, 0.6) is 0 Å². The second kappa shape index (κ2) is 8.29. The van der Waals surface area contributed by atoms with E-state index in [4.69, 9.17) is 5.11 Å². The van der Waals surface area contributed by atoms with E-state index < -0.39 is 5.97 Å². The third-order valence-electron chi connectivity index (χ3n) is 3.87. The molecule has 126 valence electrons. The first kappa shape index (κ1) is 17.7. The molecule has 2 aromatic rings. The van der Waals surface area contributed by atoms with Crippen molar-refractivity contribution in [2.24, 2.45) is 0 Å². The summed E-state index contributed by atoms with van der Waals surface area (Å²) < 4.78 is 0. The van der Waals surface area contributed by atoms with E-state index in [0.717, 1.165) is 22.5 Å². The molecule has 2 rings (SSSR count). The minimum absolute atomic E-state index is 0.0203. The normalized spacial score (nSPS) is 10.4. The summed E-state index contributed by atoms with van der Waals surface area (Å²) >= 11 is 0. The maximum atomic E-state index is 12.7. The van der Waals surface area contributed by atoms with E-state index in [0.29, 0.717) is 19.3 Å². The molecule has 0 heterocycles. The van der Waals surface area contributed by atoms with Gasteiger partial charge in [-0.25, -0.2) is 0 Å². The van der Waals surface area contributed by atoms with E-state index in [2.05, 4.69) is 0 Å². The number of hydrogen-bond acceptors (Lipinski definition) is 2. The minimum Gasteiger partial charge on any atom is -0.481 e. The van der Waals surface area contributed by atoms with Crippen LogP contribution in [0.4, 0.5) is 11.4 Å². The SMILES string of the molecule is Cc1ccc(N(C(=O)CCCCC(=O)O)c2ccc(C)cc2)cc1. The van der Waals surface area contributed by atoms with Crippen molar-refractivity contribution in [3.63, 3.8) is 0 Å². The van der Waals surface area contributed by atoms with Gasteiger partial charge in [-0.05, 0) is 51.0 Å². The highest BCUT2D eigenvalue weighted by molar-refractivity contribution is 6.00. The van der Waals surface area contributed by atoms with Crippen LogP contribution in [0.2, 0.25) is 0 Å². The summed E-state index contributed by atoms with van der Waals surface area (Å²) in [6.07, 6.45) is 1.51. The lowest BCUT2D eigenvalue weighted by Crippen LogP contribution is -2.25. The first-order chi connectivity index (χ1) is 11.5. The molecule has 0 atom stereocenters. The standard InChI is InChI=1S/C20H23NO3/c1-15-7-11-17(12-8-15)21(18-13-9-16(2)10-14-18)19(22)5-3-4-6-20(23)24/h7-14H,3-6H2,1-2H3,(H,23,24). The predicted octanol–water partition coefficient (Wildman–Crippen LogP) is 4.61. The molecular formula is C20H23NO3. The van der Waals surface area contributed by atoms with Crippen LogP contribution in [0.25, 0.3) is 0 Å². The number of amides is 1. The number of aryl methyl sites for hydroxylation is 2. The third-order valence-corrected chi connectivity index (χ3v) is 3.87. The number of hydrogen-bond donors (Lipinski definition) is 1. The third kappa shape index (κ3) is 4.95. The molecule has 2 aromatic carbocycles. The van der Waals surface area contributed by atoms with Crippen LogP contribution in [0.1, 0.15) is 36.8 Å². The summed E-state index contributed by atoms with van der Waals surface area (Å²) in [6, 6.07) is 15.7. The number of unbranched alkanes of at least 4 members (excludes halogenated alkanes) is 1. The summed E-state index contributed by atoms with van der Waals surface area (Å²) in [4.78, 5) is 25.0.